The maximum absolute atomic E-state index is 3.15. The second kappa shape index (κ2) is 6.41. The van der Waals surface area contributed by atoms with Crippen LogP contribution < -0.4 is 0 Å². The van der Waals surface area contributed by atoms with Crippen LogP contribution in [0.5, 0.6) is 0 Å². The number of rotatable bonds is 0. The topological polar surface area (TPSA) is 0 Å². The van der Waals surface area contributed by atoms with Crippen molar-refractivity contribution in [3.05, 3.63) is 60.8 Å². The number of hydrogen-bond donors (Lipinski definition) is 0. The zero-order valence-corrected chi connectivity index (χ0v) is 7.11. The molecule has 12 heavy (non-hydrogen) atoms. The summed E-state index contributed by atoms with van der Waals surface area (Å²) in [7, 11) is 0. The second-order valence-electron chi connectivity index (χ2n) is 2.48. The Kier molecular flexibility index (Phi) is 4.70. The molecule has 0 saturated carbocycles. The fourth-order valence-electron chi connectivity index (χ4n) is 0.861. The summed E-state index contributed by atoms with van der Waals surface area (Å²) in [6.45, 7) is 0. The standard InChI is InChI=1S/C12H13/c1-2-4-6-8-10-12-11-9-7-5-3-1/h1-6,9,11-12H,7-8H2/b2-1-,5-3+,6-4+,11-9+,12-10?. The predicted molar refractivity (Wildman–Crippen MR) is 53.6 cm³/mol. The van der Waals surface area contributed by atoms with Crippen molar-refractivity contribution in [2.24, 2.45) is 0 Å². The molecule has 0 spiro atoms. The van der Waals surface area contributed by atoms with E-state index in [1.54, 1.807) is 0 Å². The van der Waals surface area contributed by atoms with E-state index in [9.17, 15) is 0 Å². The van der Waals surface area contributed by atoms with Crippen LogP contribution in [0.3, 0.4) is 0 Å². The Bertz CT molecular complexity index is 211. The van der Waals surface area contributed by atoms with Gasteiger partial charge in [-0.05, 0) is 18.9 Å². The molecular weight excluding hydrogens is 144 g/mol. The van der Waals surface area contributed by atoms with Gasteiger partial charge in [0.05, 0.1) is 0 Å². The van der Waals surface area contributed by atoms with Crippen LogP contribution in [0.25, 0.3) is 0 Å². The van der Waals surface area contributed by atoms with E-state index in [0.717, 1.165) is 12.8 Å². The quantitative estimate of drug-likeness (QED) is 0.505. The molecule has 1 aliphatic rings. The minimum Gasteiger partial charge on any atom is -0.0807 e. The van der Waals surface area contributed by atoms with Crippen LogP contribution in [0.2, 0.25) is 0 Å². The van der Waals surface area contributed by atoms with Crippen molar-refractivity contribution in [3.63, 3.8) is 0 Å². The Morgan fingerprint density at radius 2 is 1.50 bits per heavy atom. The summed E-state index contributed by atoms with van der Waals surface area (Å²) in [5, 5.41) is 0. The van der Waals surface area contributed by atoms with Crippen LogP contribution in [0.1, 0.15) is 12.8 Å². The third-order valence-electron chi connectivity index (χ3n) is 1.46. The van der Waals surface area contributed by atoms with E-state index in [0.29, 0.717) is 0 Å². The van der Waals surface area contributed by atoms with Gasteiger partial charge in [0.2, 0.25) is 0 Å². The highest BCUT2D eigenvalue weighted by atomic mass is 13.8. The molecule has 0 amide bonds. The average Bonchev–Trinajstić information content (AvgIpc) is 2.05. The molecule has 0 aromatic heterocycles. The molecule has 0 aromatic carbocycles. The van der Waals surface area contributed by atoms with E-state index in [-0.39, 0.29) is 0 Å². The zero-order chi connectivity index (χ0) is 8.49. The van der Waals surface area contributed by atoms with Crippen LogP contribution in [0.4, 0.5) is 0 Å². The van der Waals surface area contributed by atoms with Gasteiger partial charge in [0.1, 0.15) is 0 Å². The van der Waals surface area contributed by atoms with Gasteiger partial charge in [-0.15, -0.1) is 0 Å². The summed E-state index contributed by atoms with van der Waals surface area (Å²) >= 11 is 0. The van der Waals surface area contributed by atoms with Gasteiger partial charge in [-0.2, -0.15) is 0 Å². The molecule has 0 bridgehead atoms. The van der Waals surface area contributed by atoms with Crippen molar-refractivity contribution in [1.82, 2.24) is 0 Å². The van der Waals surface area contributed by atoms with Gasteiger partial charge in [-0.3, -0.25) is 0 Å². The van der Waals surface area contributed by atoms with Gasteiger partial charge < -0.3 is 0 Å². The largest absolute Gasteiger partial charge is 0.0807 e. The summed E-state index contributed by atoms with van der Waals surface area (Å²) in [6, 6.07) is 0. The Balaban J connectivity index is 2.55. The molecule has 0 N–H and O–H groups in total. The Hall–Kier alpha value is -1.30. The molecule has 61 valence electrons. The summed E-state index contributed by atoms with van der Waals surface area (Å²) in [5.74, 6) is 0. The molecule has 1 rings (SSSR count). The average molecular weight is 157 g/mol. The van der Waals surface area contributed by atoms with Crippen LogP contribution in [-0.4, -0.2) is 0 Å². The first-order valence-corrected chi connectivity index (χ1v) is 4.20. The fraction of sp³-hybridized carbons (Fsp3) is 0.167. The molecule has 0 unspecified atom stereocenters. The lowest BCUT2D eigenvalue weighted by Gasteiger charge is -1.82. The molecule has 0 aliphatic heterocycles. The van der Waals surface area contributed by atoms with Crippen molar-refractivity contribution in [3.8, 4) is 0 Å². The van der Waals surface area contributed by atoms with Gasteiger partial charge in [0, 0.05) is 0 Å². The normalized spacial score (nSPS) is 30.7. The second-order valence-corrected chi connectivity index (χ2v) is 2.48. The van der Waals surface area contributed by atoms with E-state index in [2.05, 4.69) is 30.4 Å². The summed E-state index contributed by atoms with van der Waals surface area (Å²) in [4.78, 5) is 0. The van der Waals surface area contributed by atoms with Crippen molar-refractivity contribution >= 4 is 0 Å². The lowest BCUT2D eigenvalue weighted by atomic mass is 10.2. The third-order valence-corrected chi connectivity index (χ3v) is 1.46. The SMILES string of the molecule is [C]1=C\C=C\C/C=C/C=C\C=C\C/1. The Morgan fingerprint density at radius 3 is 2.42 bits per heavy atom. The van der Waals surface area contributed by atoms with Crippen molar-refractivity contribution in [1.29, 1.82) is 0 Å². The van der Waals surface area contributed by atoms with E-state index in [1.165, 1.54) is 0 Å². The molecule has 0 nitrogen and oxygen atoms in total. The number of allylic oxidation sites excluding steroid dienone is 10. The van der Waals surface area contributed by atoms with Gasteiger partial charge in [0.25, 0.3) is 0 Å². The lowest BCUT2D eigenvalue weighted by Crippen LogP contribution is -1.62. The van der Waals surface area contributed by atoms with Gasteiger partial charge >= 0.3 is 0 Å². The maximum atomic E-state index is 3.15. The predicted octanol–water partition coefficient (Wildman–Crippen LogP) is 3.36. The highest BCUT2D eigenvalue weighted by molar-refractivity contribution is 5.14. The molecular formula is C12H13. The van der Waals surface area contributed by atoms with E-state index in [1.807, 2.05) is 30.4 Å². The first-order valence-electron chi connectivity index (χ1n) is 4.20. The zero-order valence-electron chi connectivity index (χ0n) is 7.11. The number of hydrogen-bond acceptors (Lipinski definition) is 0. The van der Waals surface area contributed by atoms with Crippen LogP contribution in [0.15, 0.2) is 54.7 Å². The minimum atomic E-state index is 0.887. The fourth-order valence-corrected chi connectivity index (χ4v) is 0.861. The van der Waals surface area contributed by atoms with E-state index >= 15 is 0 Å². The molecule has 0 heteroatoms. The summed E-state index contributed by atoms with van der Waals surface area (Å²) in [6.07, 6.45) is 23.5. The van der Waals surface area contributed by atoms with Gasteiger partial charge in [0.15, 0.2) is 0 Å². The molecule has 0 atom stereocenters. The Morgan fingerprint density at radius 1 is 0.750 bits per heavy atom. The lowest BCUT2D eigenvalue weighted by molar-refractivity contribution is 1.33. The van der Waals surface area contributed by atoms with Gasteiger partial charge in [-0.25, -0.2) is 0 Å². The molecule has 0 saturated heterocycles. The van der Waals surface area contributed by atoms with E-state index < -0.39 is 0 Å². The first kappa shape index (κ1) is 8.79. The molecule has 0 fully saturated rings. The molecule has 0 heterocycles. The van der Waals surface area contributed by atoms with Crippen molar-refractivity contribution in [2.75, 3.05) is 0 Å². The monoisotopic (exact) mass is 157 g/mol. The van der Waals surface area contributed by atoms with Gasteiger partial charge in [-0.1, -0.05) is 54.7 Å². The van der Waals surface area contributed by atoms with Crippen LogP contribution in [-0.2, 0) is 0 Å². The summed E-state index contributed by atoms with van der Waals surface area (Å²) < 4.78 is 0. The molecule has 1 aliphatic carbocycles. The molecule has 0 aromatic rings. The van der Waals surface area contributed by atoms with Crippen molar-refractivity contribution < 1.29 is 0 Å². The van der Waals surface area contributed by atoms with Crippen LogP contribution in [0, 0.1) is 6.08 Å². The van der Waals surface area contributed by atoms with Crippen LogP contribution >= 0.6 is 0 Å². The minimum absolute atomic E-state index is 0.887. The van der Waals surface area contributed by atoms with E-state index in [4.69, 9.17) is 0 Å². The summed E-state index contributed by atoms with van der Waals surface area (Å²) in [5.41, 5.74) is 0. The first-order chi connectivity index (χ1) is 6.00. The maximum Gasteiger partial charge on any atom is -0.00915 e. The van der Waals surface area contributed by atoms with Crippen molar-refractivity contribution in [2.45, 2.75) is 12.8 Å². The molecule has 1 radical (unpaired) electrons. The highest BCUT2D eigenvalue weighted by Gasteiger charge is 1.72. The Labute approximate surface area is 74.3 Å². The highest BCUT2D eigenvalue weighted by Crippen LogP contribution is 1.92. The third kappa shape index (κ3) is 4.51. The smallest absolute Gasteiger partial charge is 0.00915 e.